The Morgan fingerprint density at radius 1 is 1.41 bits per heavy atom. The van der Waals surface area contributed by atoms with Gasteiger partial charge in [-0.2, -0.15) is 17.6 Å². The van der Waals surface area contributed by atoms with E-state index in [2.05, 4.69) is 11.3 Å². The van der Waals surface area contributed by atoms with Gasteiger partial charge in [-0.15, -0.1) is 0 Å². The van der Waals surface area contributed by atoms with Crippen LogP contribution in [0.1, 0.15) is 13.3 Å². The lowest BCUT2D eigenvalue weighted by molar-refractivity contribution is -0.171. The van der Waals surface area contributed by atoms with E-state index in [-0.39, 0.29) is 5.57 Å². The minimum Gasteiger partial charge on any atom is -0.768 e. The Morgan fingerprint density at radius 2 is 1.88 bits per heavy atom. The predicted octanol–water partition coefficient (Wildman–Crippen LogP) is 1.60. The third-order valence-electron chi connectivity index (χ3n) is 1.63. The molecule has 1 atom stereocenters. The van der Waals surface area contributed by atoms with Gasteiger partial charge in [0.15, 0.2) is 0 Å². The highest BCUT2D eigenvalue weighted by Gasteiger charge is 2.57. The van der Waals surface area contributed by atoms with Crippen LogP contribution < -0.4 is 0 Å². The summed E-state index contributed by atoms with van der Waals surface area (Å²) in [6.07, 6.45) is -1.60. The predicted molar refractivity (Wildman–Crippen MR) is 49.2 cm³/mol. The fourth-order valence-corrected chi connectivity index (χ4v) is 1.01. The molecule has 0 aromatic heterocycles. The number of hydrogen-bond acceptors (Lipinski definition) is 4. The van der Waals surface area contributed by atoms with Crippen LogP contribution in [0.25, 0.3) is 0 Å². The fourth-order valence-electron chi connectivity index (χ4n) is 0.663. The van der Waals surface area contributed by atoms with Gasteiger partial charge in [0.1, 0.15) is 0 Å². The van der Waals surface area contributed by atoms with Crippen molar-refractivity contribution >= 4 is 17.0 Å². The van der Waals surface area contributed by atoms with Gasteiger partial charge in [0, 0.05) is 16.7 Å². The van der Waals surface area contributed by atoms with Crippen LogP contribution >= 0.6 is 0 Å². The Hall–Kier alpha value is -0.960. The number of carbonyl (C=O) groups is 1. The second-order valence-corrected chi connectivity index (χ2v) is 4.10. The number of hydrogen-bond donors (Lipinski definition) is 0. The molecule has 4 nitrogen and oxygen atoms in total. The second kappa shape index (κ2) is 5.58. The molecule has 0 heterocycles. The lowest BCUT2D eigenvalue weighted by Crippen LogP contribution is -2.44. The molecule has 0 aromatic rings. The summed E-state index contributed by atoms with van der Waals surface area (Å²) in [4.78, 5) is 10.7. The Kier molecular flexibility index (Phi) is 5.27. The highest BCUT2D eigenvalue weighted by Crippen LogP contribution is 2.38. The van der Waals surface area contributed by atoms with Crippen molar-refractivity contribution in [3.05, 3.63) is 12.2 Å². The first-order valence-electron chi connectivity index (χ1n) is 4.20. The van der Waals surface area contributed by atoms with Crippen molar-refractivity contribution < 1.29 is 35.9 Å². The molecule has 0 N–H and O–H groups in total. The second-order valence-electron chi connectivity index (χ2n) is 3.12. The zero-order chi connectivity index (χ0) is 13.9. The largest absolute Gasteiger partial charge is 0.768 e. The maximum Gasteiger partial charge on any atom is 0.371 e. The summed E-state index contributed by atoms with van der Waals surface area (Å²) in [6.45, 7) is 3.34. The van der Waals surface area contributed by atoms with E-state index in [1.54, 1.807) is 0 Å². The summed E-state index contributed by atoms with van der Waals surface area (Å²) >= 11 is -4.26. The van der Waals surface area contributed by atoms with E-state index in [1.807, 2.05) is 0 Å². The van der Waals surface area contributed by atoms with Gasteiger partial charge in [-0.1, -0.05) is 6.58 Å². The zero-order valence-electron chi connectivity index (χ0n) is 8.67. The molecule has 0 aliphatic carbocycles. The molecule has 0 saturated heterocycles. The van der Waals surface area contributed by atoms with Crippen LogP contribution in [0.3, 0.4) is 0 Å². The average molecular weight is 277 g/mol. The number of rotatable bonds is 6. The van der Waals surface area contributed by atoms with Crippen LogP contribution in [-0.4, -0.2) is 32.5 Å². The summed E-state index contributed by atoms with van der Waals surface area (Å²) < 4.78 is 74.5. The van der Waals surface area contributed by atoms with Crippen molar-refractivity contribution in [1.29, 1.82) is 0 Å². The smallest absolute Gasteiger partial charge is 0.371 e. The number of ether oxygens (including phenoxy) is 1. The molecule has 17 heavy (non-hydrogen) atoms. The van der Waals surface area contributed by atoms with Crippen molar-refractivity contribution in [3.8, 4) is 0 Å². The zero-order valence-corrected chi connectivity index (χ0v) is 9.49. The van der Waals surface area contributed by atoms with Gasteiger partial charge in [-0.25, -0.2) is 4.79 Å². The number of esters is 1. The summed E-state index contributed by atoms with van der Waals surface area (Å²) in [7, 11) is 0. The van der Waals surface area contributed by atoms with E-state index < -0.39 is 41.3 Å². The van der Waals surface area contributed by atoms with Crippen LogP contribution in [0.15, 0.2) is 12.2 Å². The van der Waals surface area contributed by atoms with E-state index in [0.29, 0.717) is 0 Å². The molecule has 0 aromatic carbocycles. The Balaban J connectivity index is 4.43. The maximum atomic E-state index is 12.7. The summed E-state index contributed by atoms with van der Waals surface area (Å²) in [5.74, 6) is -5.83. The highest BCUT2D eigenvalue weighted by atomic mass is 32.2. The van der Waals surface area contributed by atoms with Crippen LogP contribution in [0.4, 0.5) is 17.6 Å². The molecule has 0 rings (SSSR count). The molecule has 0 saturated carbocycles. The molecule has 0 bridgehead atoms. The summed E-state index contributed by atoms with van der Waals surface area (Å²) in [5, 5.41) is -5.21. The molecular weight excluding hydrogens is 268 g/mol. The SMILES string of the molecule is C=C(C)C(=O)OCCC(F)(F)C(F)(F)S(=O)[O-]. The maximum absolute atomic E-state index is 12.7. The third kappa shape index (κ3) is 4.08. The molecule has 1 unspecified atom stereocenters. The van der Waals surface area contributed by atoms with Crippen molar-refractivity contribution in [2.75, 3.05) is 6.61 Å². The van der Waals surface area contributed by atoms with Crippen LogP contribution in [-0.2, 0) is 20.6 Å². The Bertz CT molecular complexity index is 342. The van der Waals surface area contributed by atoms with Crippen LogP contribution in [0, 0.1) is 0 Å². The highest BCUT2D eigenvalue weighted by molar-refractivity contribution is 7.80. The number of halogens is 4. The number of alkyl halides is 4. The first kappa shape index (κ1) is 16.0. The van der Waals surface area contributed by atoms with Gasteiger partial charge in [0.2, 0.25) is 0 Å². The Labute approximate surface area is 96.9 Å². The third-order valence-corrected chi connectivity index (χ3v) is 2.35. The average Bonchev–Trinajstić information content (AvgIpc) is 2.16. The molecule has 100 valence electrons. The number of carbonyl (C=O) groups excluding carboxylic acids is 1. The van der Waals surface area contributed by atoms with Crippen LogP contribution in [0.2, 0.25) is 0 Å². The Morgan fingerprint density at radius 3 is 2.24 bits per heavy atom. The van der Waals surface area contributed by atoms with Crippen molar-refractivity contribution in [3.63, 3.8) is 0 Å². The van der Waals surface area contributed by atoms with Gasteiger partial charge in [0.25, 0.3) is 0 Å². The lowest BCUT2D eigenvalue weighted by Gasteiger charge is -2.27. The molecule has 0 radical (unpaired) electrons. The molecule has 0 fully saturated rings. The fraction of sp³-hybridized carbons (Fsp3) is 0.625. The first-order chi connectivity index (χ1) is 7.52. The normalized spacial score (nSPS) is 14.2. The van der Waals surface area contributed by atoms with Crippen LogP contribution in [0.5, 0.6) is 0 Å². The monoisotopic (exact) mass is 277 g/mol. The summed E-state index contributed by atoms with van der Waals surface area (Å²) in [6, 6.07) is 0. The van der Waals surface area contributed by atoms with E-state index in [0.717, 1.165) is 0 Å². The van der Waals surface area contributed by atoms with Gasteiger partial charge >= 0.3 is 17.1 Å². The topological polar surface area (TPSA) is 66.4 Å². The van der Waals surface area contributed by atoms with E-state index >= 15 is 0 Å². The van der Waals surface area contributed by atoms with Crippen molar-refractivity contribution in [2.45, 2.75) is 24.5 Å². The quantitative estimate of drug-likeness (QED) is 0.320. The molecule has 0 aliphatic rings. The minimum atomic E-state index is -5.21. The molecule has 0 aliphatic heterocycles. The standard InChI is InChI=1S/C8H10F4O4S/c1-5(2)6(13)16-4-3-7(9,10)8(11,12)17(14)15/h1,3-4H2,2H3,(H,14,15)/p-1. The first-order valence-corrected chi connectivity index (χ1v) is 5.27. The molecule has 0 amide bonds. The van der Waals surface area contributed by atoms with Crippen molar-refractivity contribution in [1.82, 2.24) is 0 Å². The van der Waals surface area contributed by atoms with Crippen molar-refractivity contribution in [2.24, 2.45) is 0 Å². The molecular formula is C8H9F4O4S-. The molecule has 9 heteroatoms. The van der Waals surface area contributed by atoms with Gasteiger partial charge in [-0.05, 0) is 6.92 Å². The summed E-state index contributed by atoms with van der Waals surface area (Å²) in [5.41, 5.74) is -0.0903. The van der Waals surface area contributed by atoms with E-state index in [9.17, 15) is 31.1 Å². The molecule has 0 spiro atoms. The van der Waals surface area contributed by atoms with E-state index in [4.69, 9.17) is 0 Å². The van der Waals surface area contributed by atoms with Gasteiger partial charge < -0.3 is 9.29 Å². The van der Waals surface area contributed by atoms with Gasteiger partial charge in [-0.3, -0.25) is 4.21 Å². The van der Waals surface area contributed by atoms with E-state index in [1.165, 1.54) is 6.92 Å². The van der Waals surface area contributed by atoms with Gasteiger partial charge in [0.05, 0.1) is 13.0 Å². The minimum absolute atomic E-state index is 0.0903. The lowest BCUT2D eigenvalue weighted by atomic mass is 10.2.